The molecule has 2 heterocycles. The number of aryl methyl sites for hydroxylation is 1. The number of fused-ring (bicyclic) bond motifs is 1. The van der Waals surface area contributed by atoms with Crippen LogP contribution in [0.3, 0.4) is 0 Å². The Morgan fingerprint density at radius 1 is 1.13 bits per heavy atom. The summed E-state index contributed by atoms with van der Waals surface area (Å²) in [5.41, 5.74) is 2.69. The maximum Gasteiger partial charge on any atom is 0.263 e. The van der Waals surface area contributed by atoms with E-state index in [0.717, 1.165) is 27.3 Å². The van der Waals surface area contributed by atoms with E-state index in [9.17, 15) is 9.59 Å². The van der Waals surface area contributed by atoms with Crippen molar-refractivity contribution in [3.8, 4) is 16.9 Å². The number of carbonyl (C=O) groups is 1. The van der Waals surface area contributed by atoms with Crippen molar-refractivity contribution in [2.75, 3.05) is 13.7 Å². The van der Waals surface area contributed by atoms with Gasteiger partial charge in [0.1, 0.15) is 17.1 Å². The molecule has 2 aromatic carbocycles. The van der Waals surface area contributed by atoms with E-state index in [1.807, 2.05) is 61.5 Å². The molecule has 1 N–H and O–H groups in total. The Balaban J connectivity index is 1.52. The van der Waals surface area contributed by atoms with E-state index in [1.165, 1.54) is 22.2 Å². The molecule has 6 nitrogen and oxygen atoms in total. The molecule has 0 aliphatic rings. The Morgan fingerprint density at radius 2 is 1.87 bits per heavy atom. The standard InChI is InChI=1S/C24H23N3O3S/c1-16-21(18-9-4-3-5-10-18)22-23(31-16)26-15-27(24(22)29)14-20(28)25-13-12-17-8-6-7-11-19(17)30-2/h3-11,15H,12-14H2,1-2H3,(H,25,28). The number of hydrogen-bond donors (Lipinski definition) is 1. The zero-order valence-corrected chi connectivity index (χ0v) is 18.2. The molecule has 31 heavy (non-hydrogen) atoms. The van der Waals surface area contributed by atoms with E-state index in [2.05, 4.69) is 10.3 Å². The third-order valence-electron chi connectivity index (χ3n) is 5.14. The molecule has 0 fully saturated rings. The second-order valence-corrected chi connectivity index (χ2v) is 8.37. The van der Waals surface area contributed by atoms with Gasteiger partial charge in [-0.05, 0) is 30.5 Å². The van der Waals surface area contributed by atoms with Crippen LogP contribution >= 0.6 is 11.3 Å². The molecule has 0 radical (unpaired) electrons. The fourth-order valence-corrected chi connectivity index (χ4v) is 4.66. The normalized spacial score (nSPS) is 10.9. The first-order valence-electron chi connectivity index (χ1n) is 10.0. The highest BCUT2D eigenvalue weighted by molar-refractivity contribution is 7.19. The van der Waals surface area contributed by atoms with Crippen molar-refractivity contribution >= 4 is 27.5 Å². The van der Waals surface area contributed by atoms with Gasteiger partial charge in [-0.1, -0.05) is 48.5 Å². The predicted octanol–water partition coefficient (Wildman–Crippen LogP) is 3.80. The highest BCUT2D eigenvalue weighted by Gasteiger charge is 2.17. The number of methoxy groups -OCH3 is 1. The number of amides is 1. The van der Waals surface area contributed by atoms with Crippen LogP contribution in [0.4, 0.5) is 0 Å². The van der Waals surface area contributed by atoms with Crippen molar-refractivity contribution in [1.29, 1.82) is 0 Å². The molecule has 0 atom stereocenters. The quantitative estimate of drug-likeness (QED) is 0.481. The number of aromatic nitrogens is 2. The Hall–Kier alpha value is -3.45. The van der Waals surface area contributed by atoms with Crippen LogP contribution in [0, 0.1) is 6.92 Å². The van der Waals surface area contributed by atoms with Crippen molar-refractivity contribution < 1.29 is 9.53 Å². The SMILES string of the molecule is COc1ccccc1CCNC(=O)Cn1cnc2sc(C)c(-c3ccccc3)c2c1=O. The van der Waals surface area contributed by atoms with Gasteiger partial charge >= 0.3 is 0 Å². The van der Waals surface area contributed by atoms with E-state index >= 15 is 0 Å². The summed E-state index contributed by atoms with van der Waals surface area (Å²) in [5.74, 6) is 0.565. The average Bonchev–Trinajstić information content (AvgIpc) is 3.13. The van der Waals surface area contributed by atoms with Crippen molar-refractivity contribution in [3.63, 3.8) is 0 Å². The lowest BCUT2D eigenvalue weighted by atomic mass is 10.0. The number of nitrogens with zero attached hydrogens (tertiary/aromatic N) is 2. The van der Waals surface area contributed by atoms with Crippen LogP contribution in [0.1, 0.15) is 10.4 Å². The lowest BCUT2D eigenvalue weighted by Crippen LogP contribution is -2.33. The number of hydrogen-bond acceptors (Lipinski definition) is 5. The number of carbonyl (C=O) groups excluding carboxylic acids is 1. The number of benzene rings is 2. The molecule has 0 bridgehead atoms. The molecule has 0 saturated carbocycles. The zero-order valence-electron chi connectivity index (χ0n) is 17.4. The van der Waals surface area contributed by atoms with Gasteiger partial charge in [-0.15, -0.1) is 11.3 Å². The van der Waals surface area contributed by atoms with Gasteiger partial charge in [0.2, 0.25) is 5.91 Å². The summed E-state index contributed by atoms with van der Waals surface area (Å²) in [6, 6.07) is 17.5. The van der Waals surface area contributed by atoms with Gasteiger partial charge < -0.3 is 10.1 Å². The van der Waals surface area contributed by atoms with Crippen LogP contribution in [0.25, 0.3) is 21.3 Å². The summed E-state index contributed by atoms with van der Waals surface area (Å²) in [6.45, 7) is 2.37. The summed E-state index contributed by atoms with van der Waals surface area (Å²) < 4.78 is 6.71. The van der Waals surface area contributed by atoms with Gasteiger partial charge in [-0.3, -0.25) is 14.2 Å². The lowest BCUT2D eigenvalue weighted by molar-refractivity contribution is -0.121. The Kier molecular flexibility index (Phi) is 6.13. The number of nitrogens with one attached hydrogen (secondary N) is 1. The molecule has 0 aliphatic carbocycles. The Morgan fingerprint density at radius 3 is 2.65 bits per heavy atom. The molecule has 158 valence electrons. The van der Waals surface area contributed by atoms with Crippen LogP contribution in [0.2, 0.25) is 0 Å². The van der Waals surface area contributed by atoms with Gasteiger partial charge in [-0.25, -0.2) is 4.98 Å². The molecule has 4 aromatic rings. The summed E-state index contributed by atoms with van der Waals surface area (Å²) in [4.78, 5) is 31.8. The van der Waals surface area contributed by atoms with Gasteiger partial charge in [-0.2, -0.15) is 0 Å². The highest BCUT2D eigenvalue weighted by Crippen LogP contribution is 2.35. The molecular formula is C24H23N3O3S. The molecule has 0 saturated heterocycles. The summed E-state index contributed by atoms with van der Waals surface area (Å²) in [6.07, 6.45) is 2.10. The molecule has 7 heteroatoms. The molecule has 4 rings (SSSR count). The van der Waals surface area contributed by atoms with Crippen LogP contribution < -0.4 is 15.6 Å². The van der Waals surface area contributed by atoms with E-state index in [-0.39, 0.29) is 18.0 Å². The minimum Gasteiger partial charge on any atom is -0.496 e. The lowest BCUT2D eigenvalue weighted by Gasteiger charge is -2.10. The summed E-state index contributed by atoms with van der Waals surface area (Å²) in [5, 5.41) is 3.45. The molecule has 0 unspecified atom stereocenters. The van der Waals surface area contributed by atoms with E-state index in [0.29, 0.717) is 23.2 Å². The maximum atomic E-state index is 13.2. The minimum absolute atomic E-state index is 0.0726. The van der Waals surface area contributed by atoms with E-state index in [4.69, 9.17) is 4.74 Å². The van der Waals surface area contributed by atoms with Crippen molar-refractivity contribution in [3.05, 3.63) is 81.7 Å². The molecule has 2 aromatic heterocycles. The monoisotopic (exact) mass is 433 g/mol. The van der Waals surface area contributed by atoms with E-state index < -0.39 is 0 Å². The third kappa shape index (κ3) is 4.36. The van der Waals surface area contributed by atoms with Crippen LogP contribution in [0.5, 0.6) is 5.75 Å². The first-order valence-corrected chi connectivity index (χ1v) is 10.8. The second kappa shape index (κ2) is 9.14. The number of ether oxygens (including phenoxy) is 1. The number of thiophene rings is 1. The predicted molar refractivity (Wildman–Crippen MR) is 124 cm³/mol. The maximum absolute atomic E-state index is 13.2. The highest BCUT2D eigenvalue weighted by atomic mass is 32.1. The Labute approximate surface area is 184 Å². The first-order chi connectivity index (χ1) is 15.1. The Bertz CT molecular complexity index is 1280. The van der Waals surface area contributed by atoms with E-state index in [1.54, 1.807) is 7.11 Å². The largest absolute Gasteiger partial charge is 0.496 e. The van der Waals surface area contributed by atoms with Gasteiger partial charge in [0.15, 0.2) is 0 Å². The van der Waals surface area contributed by atoms with Gasteiger partial charge in [0.05, 0.1) is 18.8 Å². The third-order valence-corrected chi connectivity index (χ3v) is 6.15. The van der Waals surface area contributed by atoms with Crippen LogP contribution in [-0.2, 0) is 17.8 Å². The van der Waals surface area contributed by atoms with Gasteiger partial charge in [0.25, 0.3) is 5.56 Å². The zero-order chi connectivity index (χ0) is 21.8. The molecular weight excluding hydrogens is 410 g/mol. The summed E-state index contributed by atoms with van der Waals surface area (Å²) in [7, 11) is 1.63. The van der Waals surface area contributed by atoms with Crippen LogP contribution in [0.15, 0.2) is 65.7 Å². The first kappa shape index (κ1) is 20.8. The topological polar surface area (TPSA) is 73.2 Å². The fraction of sp³-hybridized carbons (Fsp3) is 0.208. The number of para-hydroxylation sites is 1. The smallest absolute Gasteiger partial charge is 0.263 e. The second-order valence-electron chi connectivity index (χ2n) is 7.17. The molecule has 1 amide bonds. The van der Waals surface area contributed by atoms with Crippen LogP contribution in [-0.4, -0.2) is 29.1 Å². The summed E-state index contributed by atoms with van der Waals surface area (Å²) >= 11 is 1.49. The number of rotatable bonds is 7. The van der Waals surface area contributed by atoms with Crippen molar-refractivity contribution in [2.24, 2.45) is 0 Å². The van der Waals surface area contributed by atoms with Crippen molar-refractivity contribution in [2.45, 2.75) is 19.9 Å². The van der Waals surface area contributed by atoms with Gasteiger partial charge in [0, 0.05) is 17.0 Å². The molecule has 0 aliphatic heterocycles. The van der Waals surface area contributed by atoms with Crippen molar-refractivity contribution in [1.82, 2.24) is 14.9 Å². The fourth-order valence-electron chi connectivity index (χ4n) is 3.66. The minimum atomic E-state index is -0.230. The molecule has 0 spiro atoms. The average molecular weight is 434 g/mol.